The molecule has 1 amide bonds. The van der Waals surface area contributed by atoms with E-state index in [-0.39, 0.29) is 22.4 Å². The molecule has 0 saturated carbocycles. The minimum Gasteiger partial charge on any atom is -0.351 e. The minimum absolute atomic E-state index is 0.0713. The lowest BCUT2D eigenvalue weighted by atomic mass is 10.1. The molecule has 0 aliphatic carbocycles. The highest BCUT2D eigenvalue weighted by Gasteiger charge is 2.31. The summed E-state index contributed by atoms with van der Waals surface area (Å²) in [6.45, 7) is 8.28. The number of piperazine rings is 1. The molecule has 1 aromatic heterocycles. The zero-order valence-electron chi connectivity index (χ0n) is 22.4. The summed E-state index contributed by atoms with van der Waals surface area (Å²) in [6, 6.07) is 16.2. The largest absolute Gasteiger partial charge is 0.351 e. The number of piperidine rings is 1. The lowest BCUT2D eigenvalue weighted by Crippen LogP contribution is -2.48. The first kappa shape index (κ1) is 27.5. The molecule has 0 spiro atoms. The molecule has 5 rings (SSSR count). The molecule has 3 heterocycles. The van der Waals surface area contributed by atoms with E-state index in [9.17, 15) is 18.0 Å². The Morgan fingerprint density at radius 2 is 1.72 bits per heavy atom. The van der Waals surface area contributed by atoms with E-state index in [1.807, 2.05) is 13.0 Å². The third-order valence-corrected chi connectivity index (χ3v) is 9.84. The molecule has 10 heteroatoms. The topological polar surface area (TPSA) is 106 Å². The SMILES string of the molecule is CC1CCCCN1S(=O)(=O)c1ccc2[nH]c(=O)cc(C(=O)NCCN3CCN(Cc4ccccc4)CC3)c2c1. The van der Waals surface area contributed by atoms with Crippen LogP contribution in [0.4, 0.5) is 0 Å². The van der Waals surface area contributed by atoms with Gasteiger partial charge in [-0.1, -0.05) is 36.8 Å². The Balaban J connectivity index is 1.23. The Kier molecular flexibility index (Phi) is 8.46. The van der Waals surface area contributed by atoms with Crippen LogP contribution >= 0.6 is 0 Å². The number of hydrogen-bond acceptors (Lipinski definition) is 6. The number of aromatic nitrogens is 1. The van der Waals surface area contributed by atoms with Crippen molar-refractivity contribution >= 4 is 26.8 Å². The van der Waals surface area contributed by atoms with Crippen molar-refractivity contribution in [3.63, 3.8) is 0 Å². The Morgan fingerprint density at radius 1 is 0.974 bits per heavy atom. The zero-order valence-corrected chi connectivity index (χ0v) is 23.3. The molecule has 2 aromatic carbocycles. The van der Waals surface area contributed by atoms with Crippen molar-refractivity contribution < 1.29 is 13.2 Å². The molecule has 9 nitrogen and oxygen atoms in total. The summed E-state index contributed by atoms with van der Waals surface area (Å²) in [5.41, 5.74) is 1.53. The first-order valence-corrected chi connectivity index (χ1v) is 15.2. The Labute approximate surface area is 229 Å². The molecule has 2 fully saturated rings. The third-order valence-electron chi connectivity index (χ3n) is 7.84. The van der Waals surface area contributed by atoms with Crippen LogP contribution in [-0.2, 0) is 16.6 Å². The van der Waals surface area contributed by atoms with E-state index in [1.165, 1.54) is 23.8 Å². The average molecular weight is 552 g/mol. The molecule has 1 atom stereocenters. The van der Waals surface area contributed by atoms with Gasteiger partial charge >= 0.3 is 0 Å². The van der Waals surface area contributed by atoms with E-state index in [0.717, 1.165) is 52.0 Å². The number of aromatic amines is 1. The van der Waals surface area contributed by atoms with Gasteiger partial charge in [-0.15, -0.1) is 0 Å². The van der Waals surface area contributed by atoms with E-state index in [1.54, 1.807) is 10.4 Å². The Morgan fingerprint density at radius 3 is 2.46 bits per heavy atom. The molecule has 2 aliphatic rings. The number of nitrogens with zero attached hydrogens (tertiary/aromatic N) is 3. The quantitative estimate of drug-likeness (QED) is 0.446. The van der Waals surface area contributed by atoms with Crippen LogP contribution in [0.25, 0.3) is 10.9 Å². The number of carbonyl (C=O) groups excluding carboxylic acids is 1. The lowest BCUT2D eigenvalue weighted by Gasteiger charge is -2.34. The van der Waals surface area contributed by atoms with Crippen LogP contribution in [0.2, 0.25) is 0 Å². The van der Waals surface area contributed by atoms with Crippen molar-refractivity contribution in [3.8, 4) is 0 Å². The molecular weight excluding hydrogens is 514 g/mol. The lowest BCUT2D eigenvalue weighted by molar-refractivity contribution is 0.0935. The first-order chi connectivity index (χ1) is 18.8. The van der Waals surface area contributed by atoms with E-state index in [0.29, 0.717) is 30.5 Å². The van der Waals surface area contributed by atoms with Gasteiger partial charge in [0.25, 0.3) is 5.91 Å². The molecule has 2 N–H and O–H groups in total. The monoisotopic (exact) mass is 551 g/mol. The van der Waals surface area contributed by atoms with E-state index >= 15 is 0 Å². The Bertz CT molecular complexity index is 1470. The second-order valence-corrected chi connectivity index (χ2v) is 12.5. The number of carbonyl (C=O) groups is 1. The van der Waals surface area contributed by atoms with Gasteiger partial charge in [0.15, 0.2) is 0 Å². The predicted octanol–water partition coefficient (Wildman–Crippen LogP) is 2.64. The van der Waals surface area contributed by atoms with Crippen LogP contribution in [0.1, 0.15) is 42.1 Å². The smallest absolute Gasteiger partial charge is 0.252 e. The number of hydrogen-bond donors (Lipinski definition) is 2. The summed E-state index contributed by atoms with van der Waals surface area (Å²) in [4.78, 5) is 33.1. The van der Waals surface area contributed by atoms with Crippen molar-refractivity contribution in [2.75, 3.05) is 45.8 Å². The van der Waals surface area contributed by atoms with Gasteiger partial charge in [0.2, 0.25) is 15.6 Å². The van der Waals surface area contributed by atoms with Crippen LogP contribution in [0.3, 0.4) is 0 Å². The molecule has 208 valence electrons. The highest BCUT2D eigenvalue weighted by Crippen LogP contribution is 2.27. The van der Waals surface area contributed by atoms with Gasteiger partial charge in [-0.2, -0.15) is 4.31 Å². The van der Waals surface area contributed by atoms with Crippen LogP contribution in [0.15, 0.2) is 64.3 Å². The molecular formula is C29H37N5O4S. The molecule has 2 aliphatic heterocycles. The van der Waals surface area contributed by atoms with E-state index < -0.39 is 15.6 Å². The normalized spacial score (nSPS) is 19.8. The number of benzene rings is 2. The van der Waals surface area contributed by atoms with Gasteiger partial charge in [0, 0.05) is 75.4 Å². The van der Waals surface area contributed by atoms with Crippen LogP contribution in [0.5, 0.6) is 0 Å². The molecule has 3 aromatic rings. The highest BCUT2D eigenvalue weighted by molar-refractivity contribution is 7.89. The number of fused-ring (bicyclic) bond motifs is 1. The zero-order chi connectivity index (χ0) is 27.4. The molecule has 1 unspecified atom stereocenters. The summed E-state index contributed by atoms with van der Waals surface area (Å²) in [6.07, 6.45) is 2.68. The molecule has 0 radical (unpaired) electrons. The van der Waals surface area contributed by atoms with Crippen molar-refractivity contribution in [2.24, 2.45) is 0 Å². The maximum Gasteiger partial charge on any atom is 0.252 e. The van der Waals surface area contributed by atoms with Crippen molar-refractivity contribution in [1.82, 2.24) is 24.4 Å². The number of sulfonamides is 1. The fraction of sp³-hybridized carbons (Fsp3) is 0.448. The van der Waals surface area contributed by atoms with Crippen molar-refractivity contribution in [1.29, 1.82) is 0 Å². The summed E-state index contributed by atoms with van der Waals surface area (Å²) >= 11 is 0. The summed E-state index contributed by atoms with van der Waals surface area (Å²) in [5, 5.41) is 3.36. The summed E-state index contributed by atoms with van der Waals surface area (Å²) < 4.78 is 28.4. The second kappa shape index (κ2) is 12.0. The van der Waals surface area contributed by atoms with Gasteiger partial charge in [-0.05, 0) is 43.5 Å². The van der Waals surface area contributed by atoms with Crippen molar-refractivity contribution in [3.05, 3.63) is 76.1 Å². The predicted molar refractivity (Wildman–Crippen MR) is 152 cm³/mol. The second-order valence-electron chi connectivity index (χ2n) is 10.6. The van der Waals surface area contributed by atoms with Crippen molar-refractivity contribution in [2.45, 2.75) is 43.7 Å². The maximum atomic E-state index is 13.4. The standard InChI is InChI=1S/C29H37N5O4S/c1-22-7-5-6-13-34(22)39(37,38)24-10-11-27-25(19-24)26(20-28(35)31-27)29(36)30-12-14-32-15-17-33(18-16-32)21-23-8-3-2-4-9-23/h2-4,8-11,19-20,22H,5-7,12-18,21H2,1H3,(H,30,36)(H,31,35). The molecule has 2 saturated heterocycles. The third kappa shape index (κ3) is 6.41. The number of rotatable bonds is 8. The summed E-state index contributed by atoms with van der Waals surface area (Å²) in [5.74, 6) is -0.380. The average Bonchev–Trinajstić information content (AvgIpc) is 2.94. The van der Waals surface area contributed by atoms with Gasteiger partial charge in [0.05, 0.1) is 10.5 Å². The van der Waals surface area contributed by atoms with Gasteiger partial charge < -0.3 is 10.3 Å². The maximum absolute atomic E-state index is 13.4. The number of nitrogens with one attached hydrogen (secondary N) is 2. The highest BCUT2D eigenvalue weighted by atomic mass is 32.2. The van der Waals surface area contributed by atoms with E-state index in [2.05, 4.69) is 44.4 Å². The van der Waals surface area contributed by atoms with Crippen LogP contribution in [0, 0.1) is 0 Å². The number of pyridine rings is 1. The fourth-order valence-electron chi connectivity index (χ4n) is 5.58. The number of H-pyrrole nitrogens is 1. The minimum atomic E-state index is -3.71. The van der Waals surface area contributed by atoms with Gasteiger partial charge in [-0.25, -0.2) is 8.42 Å². The molecule has 39 heavy (non-hydrogen) atoms. The van der Waals surface area contributed by atoms with Gasteiger partial charge in [-0.3, -0.25) is 19.4 Å². The first-order valence-electron chi connectivity index (χ1n) is 13.8. The fourth-order valence-corrected chi connectivity index (χ4v) is 7.31. The van der Waals surface area contributed by atoms with Gasteiger partial charge in [0.1, 0.15) is 0 Å². The van der Waals surface area contributed by atoms with Crippen LogP contribution < -0.4 is 10.9 Å². The molecule has 0 bridgehead atoms. The van der Waals surface area contributed by atoms with E-state index in [4.69, 9.17) is 0 Å². The Hall–Kier alpha value is -3.05. The summed E-state index contributed by atoms with van der Waals surface area (Å²) in [7, 11) is -3.71. The number of amides is 1. The van der Waals surface area contributed by atoms with Crippen LogP contribution in [-0.4, -0.2) is 85.3 Å².